The molecule has 11 heteroatoms. The van der Waals surface area contributed by atoms with Crippen molar-refractivity contribution in [2.75, 3.05) is 26.4 Å². The lowest BCUT2D eigenvalue weighted by Gasteiger charge is -2.40. The van der Waals surface area contributed by atoms with E-state index in [1.807, 2.05) is 0 Å². The van der Waals surface area contributed by atoms with E-state index in [9.17, 15) is 30.3 Å². The van der Waals surface area contributed by atoms with Gasteiger partial charge in [-0.3, -0.25) is 4.79 Å². The molecule has 376 valence electrons. The van der Waals surface area contributed by atoms with Crippen LogP contribution in [0.4, 0.5) is 0 Å². The highest BCUT2D eigenvalue weighted by molar-refractivity contribution is 5.76. The van der Waals surface area contributed by atoms with Crippen LogP contribution < -0.4 is 5.32 Å². The molecule has 0 unspecified atom stereocenters. The number of aliphatic hydroxyl groups is 6. The van der Waals surface area contributed by atoms with Gasteiger partial charge in [-0.05, 0) is 12.8 Å². The first-order chi connectivity index (χ1) is 30.8. The third-order valence-corrected chi connectivity index (χ3v) is 13.1. The monoisotopic (exact) mass is 902 g/mol. The first-order valence-electron chi connectivity index (χ1n) is 26.9. The third-order valence-electron chi connectivity index (χ3n) is 13.1. The molecule has 8 atom stereocenters. The minimum Gasteiger partial charge on any atom is -0.394 e. The zero-order valence-electron chi connectivity index (χ0n) is 40.9. The average molecular weight is 902 g/mol. The number of amides is 1. The SMILES string of the molecule is CCCCCCCCCCCCCCCCCCCCCCCCCC(=O)N[C@@H](CO[C@H]1O[C@H](COCCO)[C@H](O)[C@H](O)[C@H]1O)[C@H](O)[C@H](O)CCCCCCCCCCCCCC. The van der Waals surface area contributed by atoms with E-state index >= 15 is 0 Å². The number of carbonyl (C=O) groups excluding carboxylic acids is 1. The van der Waals surface area contributed by atoms with Crippen molar-refractivity contribution in [3.05, 3.63) is 0 Å². The maximum atomic E-state index is 13.1. The van der Waals surface area contributed by atoms with Gasteiger partial charge in [0.05, 0.1) is 38.6 Å². The van der Waals surface area contributed by atoms with Gasteiger partial charge in [0.1, 0.15) is 30.5 Å². The van der Waals surface area contributed by atoms with E-state index in [1.165, 1.54) is 173 Å². The Morgan fingerprint density at radius 2 is 0.921 bits per heavy atom. The summed E-state index contributed by atoms with van der Waals surface area (Å²) in [6, 6.07) is -0.988. The lowest BCUT2D eigenvalue weighted by Crippen LogP contribution is -2.60. The van der Waals surface area contributed by atoms with E-state index < -0.39 is 49.0 Å². The quantitative estimate of drug-likeness (QED) is 0.0291. The second-order valence-electron chi connectivity index (χ2n) is 19.1. The van der Waals surface area contributed by atoms with E-state index in [0.29, 0.717) is 6.42 Å². The Bertz CT molecular complexity index is 977. The molecule has 1 aliphatic heterocycles. The van der Waals surface area contributed by atoms with Gasteiger partial charge in [0.2, 0.25) is 5.91 Å². The van der Waals surface area contributed by atoms with E-state index in [0.717, 1.165) is 51.4 Å². The molecule has 1 saturated heterocycles. The summed E-state index contributed by atoms with van der Waals surface area (Å²) in [4.78, 5) is 13.1. The molecule has 1 amide bonds. The van der Waals surface area contributed by atoms with Gasteiger partial charge in [0.15, 0.2) is 6.29 Å². The number of nitrogens with one attached hydrogen (secondary N) is 1. The van der Waals surface area contributed by atoms with Crippen molar-refractivity contribution in [1.82, 2.24) is 5.32 Å². The maximum Gasteiger partial charge on any atom is 0.220 e. The second kappa shape index (κ2) is 43.7. The Labute approximate surface area is 386 Å². The van der Waals surface area contributed by atoms with Crippen molar-refractivity contribution < 1.29 is 49.6 Å². The lowest BCUT2D eigenvalue weighted by molar-refractivity contribution is -0.305. The second-order valence-corrected chi connectivity index (χ2v) is 19.1. The number of unbranched alkanes of at least 4 members (excludes halogenated alkanes) is 33. The van der Waals surface area contributed by atoms with E-state index in [-0.39, 0.29) is 38.8 Å². The standard InChI is InChI=1S/C52H103NO10/c1-3-5-7-9-11-13-15-17-18-19-20-21-22-23-24-25-26-27-29-31-33-35-37-39-47(56)53-44(42-62-52-51(60)50(59)49(58)46(63-52)43-61-41-40-54)48(57)45(55)38-36-34-32-30-28-16-14-12-10-8-6-4-2/h44-46,48-52,54-55,57-60H,3-43H2,1-2H3,(H,53,56)/t44-,45+,46+,48-,49-,50-,51+,52-/m0/s1. The Morgan fingerprint density at radius 3 is 1.32 bits per heavy atom. The van der Waals surface area contributed by atoms with Crippen LogP contribution in [0.25, 0.3) is 0 Å². The number of rotatable bonds is 47. The molecule has 7 N–H and O–H groups in total. The number of hydrogen-bond acceptors (Lipinski definition) is 10. The van der Waals surface area contributed by atoms with E-state index in [2.05, 4.69) is 19.2 Å². The van der Waals surface area contributed by atoms with Crippen LogP contribution in [0.3, 0.4) is 0 Å². The summed E-state index contributed by atoms with van der Waals surface area (Å²) >= 11 is 0. The highest BCUT2D eigenvalue weighted by Gasteiger charge is 2.45. The van der Waals surface area contributed by atoms with Crippen molar-refractivity contribution in [3.8, 4) is 0 Å². The average Bonchev–Trinajstić information content (AvgIpc) is 3.28. The molecule has 0 aromatic carbocycles. The fourth-order valence-corrected chi connectivity index (χ4v) is 8.86. The van der Waals surface area contributed by atoms with Crippen molar-refractivity contribution in [2.24, 2.45) is 0 Å². The van der Waals surface area contributed by atoms with Gasteiger partial charge in [-0.2, -0.15) is 0 Å². The highest BCUT2D eigenvalue weighted by atomic mass is 16.7. The topological polar surface area (TPSA) is 178 Å². The molecule has 1 heterocycles. The molecule has 11 nitrogen and oxygen atoms in total. The van der Waals surface area contributed by atoms with E-state index in [1.54, 1.807) is 0 Å². The number of aliphatic hydroxyl groups excluding tert-OH is 6. The minimum absolute atomic E-state index is 0.00768. The predicted molar refractivity (Wildman–Crippen MR) is 257 cm³/mol. The summed E-state index contributed by atoms with van der Waals surface area (Å²) < 4.78 is 16.8. The van der Waals surface area contributed by atoms with Crippen LogP contribution in [-0.4, -0.2) is 112 Å². The van der Waals surface area contributed by atoms with E-state index in [4.69, 9.17) is 19.3 Å². The molecule has 0 bridgehead atoms. The summed E-state index contributed by atoms with van der Waals surface area (Å²) in [5, 5.41) is 65.7. The first kappa shape index (κ1) is 60.1. The molecule has 0 aromatic heterocycles. The Hall–Kier alpha value is -0.890. The van der Waals surface area contributed by atoms with Crippen LogP contribution in [0.5, 0.6) is 0 Å². The molecule has 0 radical (unpaired) electrons. The maximum absolute atomic E-state index is 13.1. The highest BCUT2D eigenvalue weighted by Crippen LogP contribution is 2.24. The van der Waals surface area contributed by atoms with Crippen LogP contribution >= 0.6 is 0 Å². The smallest absolute Gasteiger partial charge is 0.220 e. The van der Waals surface area contributed by atoms with Gasteiger partial charge >= 0.3 is 0 Å². The molecular weight excluding hydrogens is 799 g/mol. The van der Waals surface area contributed by atoms with Crippen molar-refractivity contribution in [3.63, 3.8) is 0 Å². The summed E-state index contributed by atoms with van der Waals surface area (Å²) in [5.41, 5.74) is 0. The zero-order valence-corrected chi connectivity index (χ0v) is 40.9. The van der Waals surface area contributed by atoms with Gasteiger partial charge in [-0.15, -0.1) is 0 Å². The molecule has 1 fully saturated rings. The van der Waals surface area contributed by atoms with Gasteiger partial charge in [0, 0.05) is 6.42 Å². The summed E-state index contributed by atoms with van der Waals surface area (Å²) in [7, 11) is 0. The molecule has 63 heavy (non-hydrogen) atoms. The van der Waals surface area contributed by atoms with Crippen LogP contribution in [-0.2, 0) is 19.0 Å². The van der Waals surface area contributed by atoms with Crippen LogP contribution in [0, 0.1) is 0 Å². The lowest BCUT2D eigenvalue weighted by atomic mass is 9.98. The normalized spacial score (nSPS) is 20.5. The van der Waals surface area contributed by atoms with Crippen LogP contribution in [0.1, 0.15) is 251 Å². The fourth-order valence-electron chi connectivity index (χ4n) is 8.86. The zero-order chi connectivity index (χ0) is 46.0. The largest absolute Gasteiger partial charge is 0.394 e. The molecular formula is C52H103NO10. The minimum atomic E-state index is -1.59. The Kier molecular flexibility index (Phi) is 41.7. The molecule has 0 saturated carbocycles. The Morgan fingerprint density at radius 1 is 0.540 bits per heavy atom. The molecule has 0 spiro atoms. The third kappa shape index (κ3) is 33.3. The summed E-state index contributed by atoms with van der Waals surface area (Å²) in [6.45, 7) is 3.86. The molecule has 0 aromatic rings. The van der Waals surface area contributed by atoms with Gasteiger partial charge in [-0.1, -0.05) is 232 Å². The summed E-state index contributed by atoms with van der Waals surface area (Å²) in [5.74, 6) is -0.250. The van der Waals surface area contributed by atoms with Crippen molar-refractivity contribution in [1.29, 1.82) is 0 Å². The predicted octanol–water partition coefficient (Wildman–Crippen LogP) is 10.5. The number of hydrogen-bond donors (Lipinski definition) is 7. The fraction of sp³-hybridized carbons (Fsp3) is 0.981. The molecule has 1 rings (SSSR count). The first-order valence-corrected chi connectivity index (χ1v) is 26.9. The number of carbonyl (C=O) groups is 1. The van der Waals surface area contributed by atoms with Gasteiger partial charge < -0.3 is 50.2 Å². The number of ether oxygens (including phenoxy) is 3. The van der Waals surface area contributed by atoms with Crippen molar-refractivity contribution in [2.45, 2.75) is 300 Å². The van der Waals surface area contributed by atoms with Gasteiger partial charge in [-0.25, -0.2) is 0 Å². The van der Waals surface area contributed by atoms with Crippen molar-refractivity contribution >= 4 is 5.91 Å². The summed E-state index contributed by atoms with van der Waals surface area (Å²) in [6.07, 6.45) is 35.6. The van der Waals surface area contributed by atoms with Crippen LogP contribution in [0.15, 0.2) is 0 Å². The Balaban J connectivity index is 2.35. The molecule has 1 aliphatic rings. The van der Waals surface area contributed by atoms with Gasteiger partial charge in [0.25, 0.3) is 0 Å². The molecule has 0 aliphatic carbocycles. The van der Waals surface area contributed by atoms with Crippen LogP contribution in [0.2, 0.25) is 0 Å².